The Hall–Kier alpha value is -1.05. The van der Waals surface area contributed by atoms with Crippen LogP contribution in [0.5, 0.6) is 0 Å². The Morgan fingerprint density at radius 1 is 1.14 bits per heavy atom. The molecule has 0 saturated heterocycles. The second-order valence-corrected chi connectivity index (χ2v) is 4.18. The molecule has 1 N–H and O–H groups in total. The summed E-state index contributed by atoms with van der Waals surface area (Å²) >= 11 is 0. The van der Waals surface area contributed by atoms with Crippen molar-refractivity contribution < 1.29 is 4.39 Å². The van der Waals surface area contributed by atoms with Crippen molar-refractivity contribution in [1.29, 1.82) is 0 Å². The largest absolute Gasteiger partial charge is 0.383 e. The predicted molar refractivity (Wildman–Crippen MR) is 58.9 cm³/mol. The Balaban J connectivity index is 2.47. The van der Waals surface area contributed by atoms with Crippen LogP contribution in [0.3, 0.4) is 0 Å². The Morgan fingerprint density at radius 2 is 1.71 bits per heavy atom. The van der Waals surface area contributed by atoms with Crippen molar-refractivity contribution in [2.75, 3.05) is 5.32 Å². The highest BCUT2D eigenvalue weighted by molar-refractivity contribution is 5.43. The molecular weight excluding hydrogens is 177 g/mol. The second-order valence-electron chi connectivity index (χ2n) is 4.18. The maximum absolute atomic E-state index is 12.6. The molecule has 1 rings (SSSR count). The Labute approximate surface area is 85.3 Å². The van der Waals surface area contributed by atoms with Crippen molar-refractivity contribution in [2.24, 2.45) is 5.92 Å². The fraction of sp³-hybridized carbons (Fsp3) is 0.500. The average Bonchev–Trinajstić information content (AvgIpc) is 2.07. The van der Waals surface area contributed by atoms with Gasteiger partial charge in [-0.25, -0.2) is 4.39 Å². The zero-order valence-corrected chi connectivity index (χ0v) is 9.05. The first-order chi connectivity index (χ1) is 6.58. The van der Waals surface area contributed by atoms with Gasteiger partial charge in [-0.15, -0.1) is 0 Å². The lowest BCUT2D eigenvalue weighted by Crippen LogP contribution is -2.17. The molecule has 0 saturated carbocycles. The molecule has 14 heavy (non-hydrogen) atoms. The lowest BCUT2D eigenvalue weighted by molar-refractivity contribution is 0.539. The molecule has 1 aromatic rings. The minimum absolute atomic E-state index is 0.188. The molecule has 1 nitrogen and oxygen atoms in total. The zero-order chi connectivity index (χ0) is 10.6. The summed E-state index contributed by atoms with van der Waals surface area (Å²) in [6, 6.07) is 6.92. The van der Waals surface area contributed by atoms with E-state index in [1.165, 1.54) is 12.1 Å². The van der Waals surface area contributed by atoms with Crippen molar-refractivity contribution in [3.05, 3.63) is 30.1 Å². The van der Waals surface area contributed by atoms with Gasteiger partial charge in [0, 0.05) is 11.7 Å². The summed E-state index contributed by atoms with van der Waals surface area (Å²) < 4.78 is 12.6. The van der Waals surface area contributed by atoms with E-state index in [0.29, 0.717) is 12.0 Å². The summed E-state index contributed by atoms with van der Waals surface area (Å²) in [5.41, 5.74) is 0.986. The minimum atomic E-state index is -0.188. The first-order valence-corrected chi connectivity index (χ1v) is 5.10. The molecule has 0 aliphatic heterocycles. The van der Waals surface area contributed by atoms with E-state index < -0.39 is 0 Å². The minimum Gasteiger partial charge on any atom is -0.383 e. The van der Waals surface area contributed by atoms with Crippen molar-refractivity contribution in [2.45, 2.75) is 33.2 Å². The van der Waals surface area contributed by atoms with Crippen LogP contribution in [0.4, 0.5) is 10.1 Å². The number of anilines is 1. The molecule has 0 fully saturated rings. The summed E-state index contributed by atoms with van der Waals surface area (Å²) in [6.45, 7) is 6.54. The van der Waals surface area contributed by atoms with Gasteiger partial charge in [0.25, 0.3) is 0 Å². The summed E-state index contributed by atoms with van der Waals surface area (Å²) in [6.07, 6.45) is 1.12. The van der Waals surface area contributed by atoms with Gasteiger partial charge >= 0.3 is 0 Å². The van der Waals surface area contributed by atoms with Crippen LogP contribution in [-0.2, 0) is 0 Å². The third kappa shape index (κ3) is 3.77. The molecule has 0 unspecified atom stereocenters. The van der Waals surface area contributed by atoms with Crippen LogP contribution < -0.4 is 5.32 Å². The lowest BCUT2D eigenvalue weighted by atomic mass is 10.1. The van der Waals surface area contributed by atoms with E-state index in [0.717, 1.165) is 12.1 Å². The lowest BCUT2D eigenvalue weighted by Gasteiger charge is -2.17. The Kier molecular flexibility index (Phi) is 3.93. The number of nitrogens with one attached hydrogen (secondary N) is 1. The number of halogens is 1. The highest BCUT2D eigenvalue weighted by atomic mass is 19.1. The van der Waals surface area contributed by atoms with Crippen molar-refractivity contribution in [3.8, 4) is 0 Å². The van der Waals surface area contributed by atoms with Gasteiger partial charge in [0.1, 0.15) is 5.82 Å². The zero-order valence-electron chi connectivity index (χ0n) is 9.05. The topological polar surface area (TPSA) is 12.0 Å². The molecule has 1 atom stereocenters. The van der Waals surface area contributed by atoms with E-state index in [1.807, 2.05) is 0 Å². The first kappa shape index (κ1) is 11.0. The quantitative estimate of drug-likeness (QED) is 0.773. The molecule has 0 aliphatic carbocycles. The van der Waals surface area contributed by atoms with Gasteiger partial charge in [-0.1, -0.05) is 13.8 Å². The Bertz CT molecular complexity index is 266. The van der Waals surface area contributed by atoms with Gasteiger partial charge in [-0.2, -0.15) is 0 Å². The van der Waals surface area contributed by atoms with Crippen LogP contribution in [0.2, 0.25) is 0 Å². The smallest absolute Gasteiger partial charge is 0.123 e. The number of benzene rings is 1. The van der Waals surface area contributed by atoms with E-state index in [-0.39, 0.29) is 5.82 Å². The highest BCUT2D eigenvalue weighted by Gasteiger charge is 2.04. The molecule has 1 aromatic carbocycles. The van der Waals surface area contributed by atoms with Crippen molar-refractivity contribution in [3.63, 3.8) is 0 Å². The van der Waals surface area contributed by atoms with E-state index in [2.05, 4.69) is 26.1 Å². The molecule has 0 spiro atoms. The van der Waals surface area contributed by atoms with Gasteiger partial charge in [-0.3, -0.25) is 0 Å². The summed E-state index contributed by atoms with van der Waals surface area (Å²) in [7, 11) is 0. The molecule has 78 valence electrons. The van der Waals surface area contributed by atoms with Crippen LogP contribution in [0.1, 0.15) is 27.2 Å². The van der Waals surface area contributed by atoms with Crippen molar-refractivity contribution in [1.82, 2.24) is 0 Å². The third-order valence-corrected chi connectivity index (χ3v) is 2.08. The number of rotatable bonds is 4. The van der Waals surface area contributed by atoms with Gasteiger partial charge in [-0.05, 0) is 43.5 Å². The van der Waals surface area contributed by atoms with Crippen LogP contribution >= 0.6 is 0 Å². The van der Waals surface area contributed by atoms with E-state index in [4.69, 9.17) is 0 Å². The summed E-state index contributed by atoms with van der Waals surface area (Å²) in [4.78, 5) is 0. The SMILES string of the molecule is CC(C)C[C@H](C)Nc1ccc(F)cc1. The van der Waals surface area contributed by atoms with Crippen LogP contribution in [-0.4, -0.2) is 6.04 Å². The van der Waals surface area contributed by atoms with E-state index in [1.54, 1.807) is 12.1 Å². The highest BCUT2D eigenvalue weighted by Crippen LogP contribution is 2.13. The maximum Gasteiger partial charge on any atom is 0.123 e. The molecule has 0 heterocycles. The van der Waals surface area contributed by atoms with Gasteiger partial charge < -0.3 is 5.32 Å². The molecule has 0 aromatic heterocycles. The monoisotopic (exact) mass is 195 g/mol. The average molecular weight is 195 g/mol. The van der Waals surface area contributed by atoms with Crippen LogP contribution in [0.25, 0.3) is 0 Å². The van der Waals surface area contributed by atoms with Gasteiger partial charge in [0.2, 0.25) is 0 Å². The van der Waals surface area contributed by atoms with E-state index >= 15 is 0 Å². The Morgan fingerprint density at radius 3 is 2.21 bits per heavy atom. The normalized spacial score (nSPS) is 12.9. The maximum atomic E-state index is 12.6. The fourth-order valence-electron chi connectivity index (χ4n) is 1.60. The number of hydrogen-bond acceptors (Lipinski definition) is 1. The van der Waals surface area contributed by atoms with Crippen LogP contribution in [0.15, 0.2) is 24.3 Å². The number of hydrogen-bond donors (Lipinski definition) is 1. The molecule has 0 aliphatic rings. The predicted octanol–water partition coefficient (Wildman–Crippen LogP) is 3.67. The molecule has 0 bridgehead atoms. The summed E-state index contributed by atoms with van der Waals surface area (Å²) in [5, 5.41) is 3.33. The molecule has 2 heteroatoms. The molecule has 0 radical (unpaired) electrons. The standard InChI is InChI=1S/C12H18FN/c1-9(2)8-10(3)14-12-6-4-11(13)5-7-12/h4-7,9-10,14H,8H2,1-3H3/t10-/m0/s1. The second kappa shape index (κ2) is 4.99. The molecular formula is C12H18FN. The summed E-state index contributed by atoms with van der Waals surface area (Å²) in [5.74, 6) is 0.491. The fourth-order valence-corrected chi connectivity index (χ4v) is 1.60. The van der Waals surface area contributed by atoms with Gasteiger partial charge in [0.05, 0.1) is 0 Å². The van der Waals surface area contributed by atoms with Crippen LogP contribution in [0, 0.1) is 11.7 Å². The first-order valence-electron chi connectivity index (χ1n) is 5.10. The van der Waals surface area contributed by atoms with Crippen molar-refractivity contribution >= 4 is 5.69 Å². The third-order valence-electron chi connectivity index (χ3n) is 2.08. The molecule has 0 amide bonds. The van der Waals surface area contributed by atoms with Gasteiger partial charge in [0.15, 0.2) is 0 Å². The van der Waals surface area contributed by atoms with E-state index in [9.17, 15) is 4.39 Å².